The minimum Gasteiger partial charge on any atom is -0.477 e. The molecule has 0 spiro atoms. The van der Waals surface area contributed by atoms with E-state index in [-0.39, 0.29) is 0 Å². The van der Waals surface area contributed by atoms with Crippen LogP contribution in [0.15, 0.2) is 18.5 Å². The van der Waals surface area contributed by atoms with Crippen molar-refractivity contribution in [2.45, 2.75) is 20.4 Å². The number of hydrogen-bond acceptors (Lipinski definition) is 5. The summed E-state index contributed by atoms with van der Waals surface area (Å²) >= 11 is 1.23. The van der Waals surface area contributed by atoms with E-state index < -0.39 is 11.9 Å². The van der Waals surface area contributed by atoms with Gasteiger partial charge in [0.25, 0.3) is 0 Å². The highest BCUT2D eigenvalue weighted by molar-refractivity contribution is 7.14. The van der Waals surface area contributed by atoms with Crippen LogP contribution >= 0.6 is 11.3 Å². The van der Waals surface area contributed by atoms with Gasteiger partial charge in [-0.3, -0.25) is 4.68 Å². The van der Waals surface area contributed by atoms with Gasteiger partial charge in [-0.1, -0.05) is 0 Å². The fourth-order valence-electron chi connectivity index (χ4n) is 1.73. The molecule has 2 aromatic heterocycles. The monoisotopic (exact) mass is 294 g/mol. The Kier molecular flexibility index (Phi) is 4.19. The number of thiophene rings is 1. The highest BCUT2D eigenvalue weighted by atomic mass is 32.1. The molecule has 2 rings (SSSR count). The van der Waals surface area contributed by atoms with E-state index in [1.54, 1.807) is 23.9 Å². The molecule has 7 heteroatoms. The summed E-state index contributed by atoms with van der Waals surface area (Å²) in [6, 6.07) is 1.63. The first-order chi connectivity index (χ1) is 9.51. The number of hydrogen-bond donors (Lipinski definition) is 1. The fraction of sp³-hybridized carbons (Fsp3) is 0.308. The first-order valence-electron chi connectivity index (χ1n) is 6.03. The molecule has 0 aliphatic rings. The minimum absolute atomic E-state index is 0.301. The molecule has 0 saturated carbocycles. The zero-order valence-electron chi connectivity index (χ0n) is 11.1. The van der Waals surface area contributed by atoms with Gasteiger partial charge in [0.1, 0.15) is 4.88 Å². The van der Waals surface area contributed by atoms with Gasteiger partial charge in [0.2, 0.25) is 0 Å². The van der Waals surface area contributed by atoms with Crippen LogP contribution in [-0.4, -0.2) is 33.4 Å². The molecule has 0 unspecified atom stereocenters. The van der Waals surface area contributed by atoms with Crippen molar-refractivity contribution in [1.29, 1.82) is 0 Å². The largest absolute Gasteiger partial charge is 0.477 e. The zero-order valence-corrected chi connectivity index (χ0v) is 11.9. The Balaban J connectivity index is 2.14. The van der Waals surface area contributed by atoms with E-state index in [2.05, 4.69) is 5.10 Å². The van der Waals surface area contributed by atoms with Crippen LogP contribution in [0.25, 0.3) is 0 Å². The lowest BCUT2D eigenvalue weighted by Gasteiger charge is -2.00. The topological polar surface area (TPSA) is 81.4 Å². The van der Waals surface area contributed by atoms with Crippen molar-refractivity contribution in [3.63, 3.8) is 0 Å². The number of esters is 1. The SMILES string of the molecule is CCOC(=O)c1cnn(Cc2cc(C(=O)O)sc2C)c1. The van der Waals surface area contributed by atoms with Crippen molar-refractivity contribution in [2.24, 2.45) is 0 Å². The van der Waals surface area contributed by atoms with E-state index in [4.69, 9.17) is 9.84 Å². The standard InChI is InChI=1S/C13H14N2O4S/c1-3-19-13(18)10-5-14-15(7-10)6-9-4-11(12(16)17)20-8(9)2/h4-5,7H,3,6H2,1-2H3,(H,16,17). The van der Waals surface area contributed by atoms with Gasteiger partial charge in [-0.25, -0.2) is 9.59 Å². The number of aryl methyl sites for hydroxylation is 1. The maximum Gasteiger partial charge on any atom is 0.345 e. The van der Waals surface area contributed by atoms with E-state index in [0.29, 0.717) is 23.6 Å². The lowest BCUT2D eigenvalue weighted by atomic mass is 10.2. The van der Waals surface area contributed by atoms with Crippen LogP contribution in [0.3, 0.4) is 0 Å². The molecule has 106 valence electrons. The predicted molar refractivity (Wildman–Crippen MR) is 73.3 cm³/mol. The van der Waals surface area contributed by atoms with Crippen LogP contribution in [0, 0.1) is 6.92 Å². The van der Waals surface area contributed by atoms with Crippen LogP contribution in [0.2, 0.25) is 0 Å². The number of rotatable bonds is 5. The summed E-state index contributed by atoms with van der Waals surface area (Å²) < 4.78 is 6.47. The maximum atomic E-state index is 11.5. The van der Waals surface area contributed by atoms with E-state index >= 15 is 0 Å². The number of ether oxygens (including phenoxy) is 1. The second kappa shape index (κ2) is 5.87. The average molecular weight is 294 g/mol. The second-order valence-corrected chi connectivity index (χ2v) is 5.40. The Morgan fingerprint density at radius 1 is 1.50 bits per heavy atom. The van der Waals surface area contributed by atoms with E-state index in [0.717, 1.165) is 10.4 Å². The number of carboxylic acids is 1. The molecule has 0 saturated heterocycles. The Labute approximate surface area is 119 Å². The third-order valence-corrected chi connectivity index (χ3v) is 3.79. The first-order valence-corrected chi connectivity index (χ1v) is 6.85. The molecule has 2 aromatic rings. The number of aromatic nitrogens is 2. The molecule has 0 aliphatic heterocycles. The molecular weight excluding hydrogens is 280 g/mol. The molecule has 1 N–H and O–H groups in total. The molecule has 20 heavy (non-hydrogen) atoms. The Hall–Kier alpha value is -2.15. The molecular formula is C13H14N2O4S. The molecule has 0 amide bonds. The van der Waals surface area contributed by atoms with Crippen molar-refractivity contribution in [3.8, 4) is 0 Å². The molecule has 6 nitrogen and oxygen atoms in total. The summed E-state index contributed by atoms with van der Waals surface area (Å²) in [5.74, 6) is -1.34. The van der Waals surface area contributed by atoms with E-state index in [9.17, 15) is 9.59 Å². The Morgan fingerprint density at radius 3 is 2.85 bits per heavy atom. The molecule has 0 radical (unpaired) electrons. The highest BCUT2D eigenvalue weighted by Gasteiger charge is 2.13. The summed E-state index contributed by atoms with van der Waals surface area (Å²) in [6.45, 7) is 4.34. The quantitative estimate of drug-likeness (QED) is 0.855. The van der Waals surface area contributed by atoms with Crippen LogP contribution in [-0.2, 0) is 11.3 Å². The van der Waals surface area contributed by atoms with Gasteiger partial charge in [-0.15, -0.1) is 11.3 Å². The fourth-order valence-corrected chi connectivity index (χ4v) is 2.60. The highest BCUT2D eigenvalue weighted by Crippen LogP contribution is 2.22. The van der Waals surface area contributed by atoms with Crippen molar-refractivity contribution in [2.75, 3.05) is 6.61 Å². The normalized spacial score (nSPS) is 10.5. The van der Waals surface area contributed by atoms with Crippen LogP contribution in [0.4, 0.5) is 0 Å². The molecule has 2 heterocycles. The van der Waals surface area contributed by atoms with Crippen molar-refractivity contribution in [3.05, 3.63) is 39.3 Å². The smallest absolute Gasteiger partial charge is 0.345 e. The van der Waals surface area contributed by atoms with Gasteiger partial charge in [-0.2, -0.15) is 5.10 Å². The lowest BCUT2D eigenvalue weighted by molar-refractivity contribution is 0.0525. The summed E-state index contributed by atoms with van der Waals surface area (Å²) in [6.07, 6.45) is 3.04. The van der Waals surface area contributed by atoms with Crippen molar-refractivity contribution in [1.82, 2.24) is 9.78 Å². The summed E-state index contributed by atoms with van der Waals surface area (Å²) in [5, 5.41) is 13.0. The third kappa shape index (κ3) is 3.05. The van der Waals surface area contributed by atoms with Crippen LogP contribution < -0.4 is 0 Å². The number of carbonyl (C=O) groups is 2. The average Bonchev–Trinajstić information content (AvgIpc) is 2.98. The third-order valence-electron chi connectivity index (χ3n) is 2.71. The number of carbonyl (C=O) groups excluding carboxylic acids is 1. The predicted octanol–water partition coefficient (Wildman–Crippen LogP) is 2.18. The molecule has 0 fully saturated rings. The zero-order chi connectivity index (χ0) is 14.7. The maximum absolute atomic E-state index is 11.5. The van der Waals surface area contributed by atoms with E-state index in [1.165, 1.54) is 17.5 Å². The van der Waals surface area contributed by atoms with Gasteiger partial charge in [0, 0.05) is 11.1 Å². The summed E-state index contributed by atoms with van der Waals surface area (Å²) in [5.41, 5.74) is 1.27. The Bertz CT molecular complexity index is 645. The van der Waals surface area contributed by atoms with Crippen LogP contribution in [0.1, 0.15) is 37.4 Å². The summed E-state index contributed by atoms with van der Waals surface area (Å²) in [7, 11) is 0. The van der Waals surface area contributed by atoms with Gasteiger partial charge in [-0.05, 0) is 25.5 Å². The van der Waals surface area contributed by atoms with Gasteiger partial charge < -0.3 is 9.84 Å². The van der Waals surface area contributed by atoms with E-state index in [1.807, 2.05) is 6.92 Å². The first kappa shape index (κ1) is 14.3. The summed E-state index contributed by atoms with van der Waals surface area (Å²) in [4.78, 5) is 23.7. The van der Waals surface area contributed by atoms with Crippen molar-refractivity contribution < 1.29 is 19.4 Å². The number of nitrogens with zero attached hydrogens (tertiary/aromatic N) is 2. The van der Waals surface area contributed by atoms with Gasteiger partial charge >= 0.3 is 11.9 Å². The van der Waals surface area contributed by atoms with Gasteiger partial charge in [0.05, 0.1) is 24.9 Å². The molecule has 0 bridgehead atoms. The lowest BCUT2D eigenvalue weighted by Crippen LogP contribution is -2.04. The Morgan fingerprint density at radius 2 is 2.25 bits per heavy atom. The molecule has 0 atom stereocenters. The minimum atomic E-state index is -0.933. The van der Waals surface area contributed by atoms with Crippen molar-refractivity contribution >= 4 is 23.3 Å². The van der Waals surface area contributed by atoms with Crippen LogP contribution in [0.5, 0.6) is 0 Å². The second-order valence-electron chi connectivity index (χ2n) is 4.14. The number of carboxylic acid groups (broad SMARTS) is 1. The molecule has 0 aliphatic carbocycles. The number of aromatic carboxylic acids is 1. The molecule has 0 aromatic carbocycles. The van der Waals surface area contributed by atoms with Gasteiger partial charge in [0.15, 0.2) is 0 Å².